The van der Waals surface area contributed by atoms with Gasteiger partial charge in [0.25, 0.3) is 0 Å². The third-order valence-electron chi connectivity index (χ3n) is 2.29. The number of hydrogen-bond donors (Lipinski definition) is 2. The van der Waals surface area contributed by atoms with Crippen LogP contribution < -0.4 is 5.73 Å². The van der Waals surface area contributed by atoms with Crippen molar-refractivity contribution in [3.8, 4) is 0 Å². The van der Waals surface area contributed by atoms with Gasteiger partial charge in [-0.2, -0.15) is 0 Å². The monoisotopic (exact) mass is 257 g/mol. The predicted molar refractivity (Wildman–Crippen MR) is 67.1 cm³/mol. The summed E-state index contributed by atoms with van der Waals surface area (Å²) in [4.78, 5) is 11.7. The molecule has 0 atom stereocenters. The van der Waals surface area contributed by atoms with Crippen LogP contribution in [0.1, 0.15) is 29.6 Å². The molecule has 17 heavy (non-hydrogen) atoms. The number of halogens is 1. The second kappa shape index (κ2) is 7.14. The number of rotatable bonds is 6. The average molecular weight is 258 g/mol. The molecule has 0 heterocycles. The molecule has 1 aromatic rings. The number of nitrogen functional groups attached to an aromatic ring is 1. The number of nitrogens with two attached hydrogens (primary N) is 1. The van der Waals surface area contributed by atoms with Crippen molar-refractivity contribution >= 4 is 23.3 Å². The van der Waals surface area contributed by atoms with Gasteiger partial charge in [0.05, 0.1) is 11.6 Å². The first-order valence-electron chi connectivity index (χ1n) is 5.48. The summed E-state index contributed by atoms with van der Waals surface area (Å²) >= 11 is 5.87. The van der Waals surface area contributed by atoms with Crippen molar-refractivity contribution in [2.75, 3.05) is 18.9 Å². The standard InChI is InChI=1S/C12H16ClNO3/c13-9-5-4-6-10(14)11(9)12(16)17-8-3-1-2-7-15/h4-6,15H,1-3,7-8,14H2. The lowest BCUT2D eigenvalue weighted by molar-refractivity contribution is 0.0498. The number of carbonyl (C=O) groups is 1. The van der Waals surface area contributed by atoms with E-state index in [0.717, 1.165) is 12.8 Å². The first kappa shape index (κ1) is 13.8. The third-order valence-corrected chi connectivity index (χ3v) is 2.60. The van der Waals surface area contributed by atoms with E-state index in [-0.39, 0.29) is 12.2 Å². The van der Waals surface area contributed by atoms with Crippen molar-refractivity contribution in [3.05, 3.63) is 28.8 Å². The lowest BCUT2D eigenvalue weighted by Gasteiger charge is -2.08. The van der Waals surface area contributed by atoms with E-state index in [1.54, 1.807) is 18.2 Å². The highest BCUT2D eigenvalue weighted by molar-refractivity contribution is 6.34. The maximum Gasteiger partial charge on any atom is 0.341 e. The topological polar surface area (TPSA) is 72.6 Å². The molecule has 4 nitrogen and oxygen atoms in total. The zero-order valence-electron chi connectivity index (χ0n) is 9.49. The molecular formula is C12H16ClNO3. The Morgan fingerprint density at radius 2 is 2.12 bits per heavy atom. The van der Waals surface area contributed by atoms with E-state index in [1.165, 1.54) is 0 Å². The van der Waals surface area contributed by atoms with Gasteiger partial charge in [-0.3, -0.25) is 0 Å². The largest absolute Gasteiger partial charge is 0.462 e. The molecule has 0 amide bonds. The number of aliphatic hydroxyl groups excluding tert-OH is 1. The van der Waals surface area contributed by atoms with Crippen LogP contribution >= 0.6 is 11.6 Å². The molecule has 0 aliphatic heterocycles. The van der Waals surface area contributed by atoms with Gasteiger partial charge in [-0.15, -0.1) is 0 Å². The Morgan fingerprint density at radius 1 is 1.35 bits per heavy atom. The van der Waals surface area contributed by atoms with Crippen LogP contribution in [0.3, 0.4) is 0 Å². The van der Waals surface area contributed by atoms with E-state index < -0.39 is 5.97 Å². The average Bonchev–Trinajstić information content (AvgIpc) is 2.28. The summed E-state index contributed by atoms with van der Waals surface area (Å²) in [6.45, 7) is 0.467. The summed E-state index contributed by atoms with van der Waals surface area (Å²) in [6.07, 6.45) is 2.25. The van der Waals surface area contributed by atoms with Crippen LogP contribution in [0.5, 0.6) is 0 Å². The fourth-order valence-corrected chi connectivity index (χ4v) is 1.64. The van der Waals surface area contributed by atoms with Gasteiger partial charge in [0.15, 0.2) is 0 Å². The Morgan fingerprint density at radius 3 is 2.76 bits per heavy atom. The normalized spacial score (nSPS) is 10.2. The molecule has 0 saturated carbocycles. The van der Waals surface area contributed by atoms with Gasteiger partial charge in [0.1, 0.15) is 5.56 Å². The molecule has 0 radical (unpaired) electrons. The van der Waals surface area contributed by atoms with Crippen LogP contribution in [0.2, 0.25) is 5.02 Å². The summed E-state index contributed by atoms with van der Waals surface area (Å²) in [7, 11) is 0. The second-order valence-corrected chi connectivity index (χ2v) is 4.03. The summed E-state index contributed by atoms with van der Waals surface area (Å²) in [5, 5.41) is 8.88. The third kappa shape index (κ3) is 4.24. The van der Waals surface area contributed by atoms with Crippen LogP contribution in [-0.2, 0) is 4.74 Å². The Kier molecular flexibility index (Phi) is 5.80. The predicted octanol–water partition coefficient (Wildman–Crippen LogP) is 2.24. The van der Waals surface area contributed by atoms with E-state index in [0.29, 0.717) is 23.7 Å². The number of aliphatic hydroxyl groups is 1. The summed E-state index contributed by atoms with van der Waals surface area (Å²) in [5.41, 5.74) is 6.19. The molecule has 0 aromatic heterocycles. The fraction of sp³-hybridized carbons (Fsp3) is 0.417. The van der Waals surface area contributed by atoms with Crippen LogP contribution in [0.4, 0.5) is 5.69 Å². The number of esters is 1. The van der Waals surface area contributed by atoms with Gasteiger partial charge < -0.3 is 15.6 Å². The quantitative estimate of drug-likeness (QED) is 0.466. The summed E-state index contributed by atoms with van der Waals surface area (Å²) in [5.74, 6) is -0.503. The summed E-state index contributed by atoms with van der Waals surface area (Å²) < 4.78 is 5.05. The van der Waals surface area contributed by atoms with Crippen LogP contribution in [-0.4, -0.2) is 24.3 Å². The minimum atomic E-state index is -0.503. The maximum atomic E-state index is 11.7. The van der Waals surface area contributed by atoms with Crippen molar-refractivity contribution in [2.45, 2.75) is 19.3 Å². The molecule has 1 aromatic carbocycles. The van der Waals surface area contributed by atoms with Crippen LogP contribution in [0, 0.1) is 0 Å². The van der Waals surface area contributed by atoms with Gasteiger partial charge in [-0.1, -0.05) is 17.7 Å². The minimum Gasteiger partial charge on any atom is -0.462 e. The van der Waals surface area contributed by atoms with E-state index in [4.69, 9.17) is 27.2 Å². The Labute approximate surface area is 105 Å². The number of anilines is 1. The number of benzene rings is 1. The fourth-order valence-electron chi connectivity index (χ4n) is 1.38. The highest BCUT2D eigenvalue weighted by Crippen LogP contribution is 2.22. The van der Waals surface area contributed by atoms with Crippen molar-refractivity contribution in [1.29, 1.82) is 0 Å². The summed E-state index contributed by atoms with van der Waals surface area (Å²) in [6, 6.07) is 4.88. The molecule has 1 rings (SSSR count). The molecule has 0 aliphatic carbocycles. The minimum absolute atomic E-state index is 0.158. The maximum absolute atomic E-state index is 11.7. The molecule has 5 heteroatoms. The molecule has 0 fully saturated rings. The lowest BCUT2D eigenvalue weighted by Crippen LogP contribution is -2.10. The van der Waals surface area contributed by atoms with Crippen molar-refractivity contribution in [1.82, 2.24) is 0 Å². The number of ether oxygens (including phenoxy) is 1. The first-order chi connectivity index (χ1) is 8.16. The van der Waals surface area contributed by atoms with E-state index >= 15 is 0 Å². The van der Waals surface area contributed by atoms with Gasteiger partial charge in [-0.25, -0.2) is 4.79 Å². The molecule has 3 N–H and O–H groups in total. The molecule has 0 saturated heterocycles. The number of unbranched alkanes of at least 4 members (excludes halogenated alkanes) is 2. The zero-order valence-corrected chi connectivity index (χ0v) is 10.2. The second-order valence-electron chi connectivity index (χ2n) is 3.62. The lowest BCUT2D eigenvalue weighted by atomic mass is 10.2. The van der Waals surface area contributed by atoms with Crippen molar-refractivity contribution < 1.29 is 14.6 Å². The van der Waals surface area contributed by atoms with Crippen LogP contribution in [0.15, 0.2) is 18.2 Å². The highest BCUT2D eigenvalue weighted by atomic mass is 35.5. The Hall–Kier alpha value is -1.26. The van der Waals surface area contributed by atoms with Crippen LogP contribution in [0.25, 0.3) is 0 Å². The number of carbonyl (C=O) groups excluding carboxylic acids is 1. The van der Waals surface area contributed by atoms with Gasteiger partial charge >= 0.3 is 5.97 Å². The molecule has 0 bridgehead atoms. The number of hydrogen-bond acceptors (Lipinski definition) is 4. The van der Waals surface area contributed by atoms with Gasteiger partial charge in [-0.05, 0) is 31.4 Å². The molecule has 0 spiro atoms. The van der Waals surface area contributed by atoms with E-state index in [9.17, 15) is 4.79 Å². The zero-order chi connectivity index (χ0) is 12.7. The van der Waals surface area contributed by atoms with E-state index in [2.05, 4.69) is 0 Å². The smallest absolute Gasteiger partial charge is 0.341 e. The van der Waals surface area contributed by atoms with Crippen molar-refractivity contribution in [3.63, 3.8) is 0 Å². The molecule has 0 unspecified atom stereocenters. The molecule has 94 valence electrons. The van der Waals surface area contributed by atoms with Gasteiger partial charge in [0.2, 0.25) is 0 Å². The Bertz CT molecular complexity index is 362. The van der Waals surface area contributed by atoms with Gasteiger partial charge in [0, 0.05) is 12.3 Å². The van der Waals surface area contributed by atoms with Crippen molar-refractivity contribution in [2.24, 2.45) is 0 Å². The SMILES string of the molecule is Nc1cccc(Cl)c1C(=O)OCCCCCO. The van der Waals surface area contributed by atoms with E-state index in [1.807, 2.05) is 0 Å². The Balaban J connectivity index is 2.47. The molecular weight excluding hydrogens is 242 g/mol. The first-order valence-corrected chi connectivity index (χ1v) is 5.86. The highest BCUT2D eigenvalue weighted by Gasteiger charge is 2.14. The molecule has 0 aliphatic rings.